The second kappa shape index (κ2) is 6.98. The van der Waals surface area contributed by atoms with E-state index in [1.807, 2.05) is 0 Å². The van der Waals surface area contributed by atoms with E-state index in [-0.39, 0.29) is 12.5 Å². The molecule has 1 amide bonds. The fraction of sp³-hybridized carbons (Fsp3) is 0.579. The highest BCUT2D eigenvalue weighted by atomic mass is 16.5. The minimum Gasteiger partial charge on any atom is -0.481 e. The maximum atomic E-state index is 12.0. The molecule has 0 aliphatic carbocycles. The number of rotatable bonds is 5. The van der Waals surface area contributed by atoms with Crippen molar-refractivity contribution in [2.45, 2.75) is 13.1 Å². The number of nitrogens with one attached hydrogen (secondary N) is 1. The zero-order valence-electron chi connectivity index (χ0n) is 14.8. The van der Waals surface area contributed by atoms with Crippen LogP contribution in [0.5, 0.6) is 0 Å². The molecule has 1 aromatic carbocycles. The van der Waals surface area contributed by atoms with Gasteiger partial charge in [-0.05, 0) is 11.1 Å². The van der Waals surface area contributed by atoms with Crippen molar-refractivity contribution in [3.05, 3.63) is 35.4 Å². The largest absolute Gasteiger partial charge is 0.481 e. The Morgan fingerprint density at radius 2 is 1.92 bits per heavy atom. The van der Waals surface area contributed by atoms with Crippen molar-refractivity contribution < 1.29 is 19.4 Å². The van der Waals surface area contributed by atoms with Crippen molar-refractivity contribution in [1.29, 1.82) is 0 Å². The number of carboxylic acid groups (broad SMARTS) is 1. The molecule has 26 heavy (non-hydrogen) atoms. The lowest BCUT2D eigenvalue weighted by Crippen LogP contribution is -2.40. The van der Waals surface area contributed by atoms with Crippen LogP contribution in [0.1, 0.15) is 11.1 Å². The summed E-state index contributed by atoms with van der Waals surface area (Å²) in [6, 6.07) is 8.45. The van der Waals surface area contributed by atoms with Crippen LogP contribution in [-0.2, 0) is 27.4 Å². The number of nitrogens with zero attached hydrogens (tertiary/aromatic N) is 2. The molecule has 7 nitrogen and oxygen atoms in total. The number of carbonyl (C=O) groups is 2. The molecular weight excluding hydrogens is 334 g/mol. The standard InChI is InChI=1S/C19H25N3O4/c23-17-16-11-22(13-19(16,12-20-17)18(24)25)10-15-3-1-2-14(8-15)9-21-4-6-26-7-5-21/h1-3,8,16H,4-7,9-13H2,(H,20,23)(H,24,25)/t16-,19+/m0/s1. The average molecular weight is 359 g/mol. The lowest BCUT2D eigenvalue weighted by molar-refractivity contribution is -0.149. The van der Waals surface area contributed by atoms with Crippen LogP contribution in [0.15, 0.2) is 24.3 Å². The molecule has 2 N–H and O–H groups in total. The van der Waals surface area contributed by atoms with Gasteiger partial charge in [0.1, 0.15) is 5.41 Å². The van der Waals surface area contributed by atoms with Crippen LogP contribution in [0.3, 0.4) is 0 Å². The molecule has 3 saturated heterocycles. The second-order valence-electron chi connectivity index (χ2n) is 7.61. The van der Waals surface area contributed by atoms with Crippen LogP contribution in [0.4, 0.5) is 0 Å². The zero-order chi connectivity index (χ0) is 18.1. The van der Waals surface area contributed by atoms with E-state index in [4.69, 9.17) is 4.74 Å². The first kappa shape index (κ1) is 17.5. The van der Waals surface area contributed by atoms with Gasteiger partial charge in [0.05, 0.1) is 19.1 Å². The molecule has 0 saturated carbocycles. The number of hydrogen-bond donors (Lipinski definition) is 2. The Bertz CT molecular complexity index is 704. The molecule has 7 heteroatoms. The Balaban J connectivity index is 1.42. The van der Waals surface area contributed by atoms with Crippen molar-refractivity contribution in [3.8, 4) is 0 Å². The number of ether oxygens (including phenoxy) is 1. The third-order valence-corrected chi connectivity index (χ3v) is 5.84. The van der Waals surface area contributed by atoms with E-state index in [2.05, 4.69) is 39.4 Å². The first-order chi connectivity index (χ1) is 12.6. The van der Waals surface area contributed by atoms with Gasteiger partial charge in [-0.1, -0.05) is 24.3 Å². The predicted octanol–water partition coefficient (Wildman–Crippen LogP) is 0.151. The molecule has 140 valence electrons. The number of amides is 1. The summed E-state index contributed by atoms with van der Waals surface area (Å²) in [5.74, 6) is -1.45. The molecule has 4 rings (SSSR count). The molecule has 2 atom stereocenters. The third kappa shape index (κ3) is 3.22. The highest BCUT2D eigenvalue weighted by molar-refractivity contribution is 5.92. The summed E-state index contributed by atoms with van der Waals surface area (Å²) in [6.07, 6.45) is 0. The molecular formula is C19H25N3O4. The summed E-state index contributed by atoms with van der Waals surface area (Å²) in [5, 5.41) is 12.4. The number of fused-ring (bicyclic) bond motifs is 1. The van der Waals surface area contributed by atoms with Crippen molar-refractivity contribution in [2.24, 2.45) is 11.3 Å². The third-order valence-electron chi connectivity index (χ3n) is 5.84. The summed E-state index contributed by atoms with van der Waals surface area (Å²) in [4.78, 5) is 28.3. The maximum absolute atomic E-state index is 12.0. The van der Waals surface area contributed by atoms with E-state index in [9.17, 15) is 14.7 Å². The van der Waals surface area contributed by atoms with Crippen molar-refractivity contribution >= 4 is 11.9 Å². The molecule has 3 aliphatic heterocycles. The number of likely N-dealkylation sites (tertiary alicyclic amines) is 1. The van der Waals surface area contributed by atoms with Gasteiger partial charge in [-0.15, -0.1) is 0 Å². The number of hydrogen-bond acceptors (Lipinski definition) is 5. The Morgan fingerprint density at radius 3 is 2.58 bits per heavy atom. The Kier molecular flexibility index (Phi) is 4.69. The fourth-order valence-electron chi connectivity index (χ4n) is 4.40. The predicted molar refractivity (Wildman–Crippen MR) is 94.4 cm³/mol. The van der Waals surface area contributed by atoms with Crippen LogP contribution in [-0.4, -0.2) is 72.7 Å². The SMILES string of the molecule is O=C1NC[C@@]2(C(=O)O)CN(Cc3cccc(CN4CCOCC4)c3)C[C@@H]12. The second-order valence-corrected chi connectivity index (χ2v) is 7.61. The minimum atomic E-state index is -0.970. The normalized spacial score (nSPS) is 29.5. The van der Waals surface area contributed by atoms with E-state index < -0.39 is 17.3 Å². The van der Waals surface area contributed by atoms with E-state index in [1.165, 1.54) is 5.56 Å². The highest BCUT2D eigenvalue weighted by Crippen LogP contribution is 2.40. The van der Waals surface area contributed by atoms with E-state index in [0.717, 1.165) is 38.4 Å². The maximum Gasteiger partial charge on any atom is 0.313 e. The minimum absolute atomic E-state index is 0.129. The molecule has 3 aliphatic rings. The van der Waals surface area contributed by atoms with Gasteiger partial charge in [-0.25, -0.2) is 0 Å². The van der Waals surface area contributed by atoms with Crippen molar-refractivity contribution in [1.82, 2.24) is 15.1 Å². The van der Waals surface area contributed by atoms with Gasteiger partial charge in [-0.2, -0.15) is 0 Å². The molecule has 0 unspecified atom stereocenters. The van der Waals surface area contributed by atoms with E-state index >= 15 is 0 Å². The van der Waals surface area contributed by atoms with Gasteiger partial charge in [0.25, 0.3) is 0 Å². The Hall–Kier alpha value is -1.96. The molecule has 0 aromatic heterocycles. The van der Waals surface area contributed by atoms with Crippen LogP contribution < -0.4 is 5.32 Å². The summed E-state index contributed by atoms with van der Waals surface area (Å²) in [5.41, 5.74) is 1.45. The molecule has 3 heterocycles. The number of benzene rings is 1. The van der Waals surface area contributed by atoms with Crippen LogP contribution >= 0.6 is 0 Å². The number of carbonyl (C=O) groups excluding carboxylic acids is 1. The number of morpholine rings is 1. The smallest absolute Gasteiger partial charge is 0.313 e. The molecule has 1 aromatic rings. The monoisotopic (exact) mass is 359 g/mol. The lowest BCUT2D eigenvalue weighted by atomic mass is 9.81. The molecule has 3 fully saturated rings. The molecule has 0 bridgehead atoms. The van der Waals surface area contributed by atoms with Gasteiger partial charge in [-0.3, -0.25) is 19.4 Å². The van der Waals surface area contributed by atoms with Crippen LogP contribution in [0.25, 0.3) is 0 Å². The Labute approximate surface area is 152 Å². The van der Waals surface area contributed by atoms with Gasteiger partial charge in [0, 0.05) is 45.8 Å². The van der Waals surface area contributed by atoms with Gasteiger partial charge in [0.2, 0.25) is 5.91 Å². The average Bonchev–Trinajstić information content (AvgIpc) is 3.14. The van der Waals surface area contributed by atoms with Gasteiger partial charge >= 0.3 is 5.97 Å². The molecule has 0 spiro atoms. The summed E-state index contributed by atoms with van der Waals surface area (Å²) in [7, 11) is 0. The highest BCUT2D eigenvalue weighted by Gasteiger charge is 2.59. The molecule has 0 radical (unpaired) electrons. The first-order valence-electron chi connectivity index (χ1n) is 9.18. The zero-order valence-corrected chi connectivity index (χ0v) is 14.8. The number of carboxylic acids is 1. The quantitative estimate of drug-likeness (QED) is 0.779. The van der Waals surface area contributed by atoms with E-state index in [0.29, 0.717) is 19.6 Å². The lowest BCUT2D eigenvalue weighted by Gasteiger charge is -2.27. The summed E-state index contributed by atoms with van der Waals surface area (Å²) < 4.78 is 5.39. The first-order valence-corrected chi connectivity index (χ1v) is 9.18. The van der Waals surface area contributed by atoms with Crippen molar-refractivity contribution in [3.63, 3.8) is 0 Å². The Morgan fingerprint density at radius 1 is 1.23 bits per heavy atom. The fourth-order valence-corrected chi connectivity index (χ4v) is 4.40. The van der Waals surface area contributed by atoms with Crippen LogP contribution in [0, 0.1) is 11.3 Å². The summed E-state index contributed by atoms with van der Waals surface area (Å²) >= 11 is 0. The van der Waals surface area contributed by atoms with Crippen LogP contribution in [0.2, 0.25) is 0 Å². The van der Waals surface area contributed by atoms with Gasteiger partial charge in [0.15, 0.2) is 0 Å². The number of aliphatic carboxylic acids is 1. The summed E-state index contributed by atoms with van der Waals surface area (Å²) in [6.45, 7) is 6.21. The van der Waals surface area contributed by atoms with E-state index in [1.54, 1.807) is 0 Å². The van der Waals surface area contributed by atoms with Crippen molar-refractivity contribution in [2.75, 3.05) is 45.9 Å². The van der Waals surface area contributed by atoms with Gasteiger partial charge < -0.3 is 15.2 Å². The topological polar surface area (TPSA) is 82.1 Å².